The third kappa shape index (κ3) is 2.39. The molecule has 0 amide bonds. The number of nitrogens with one attached hydrogen (secondary N) is 1. The second-order valence-corrected chi connectivity index (χ2v) is 3.88. The van der Waals surface area contributed by atoms with Crippen LogP contribution in [0.25, 0.3) is 0 Å². The summed E-state index contributed by atoms with van der Waals surface area (Å²) in [6.45, 7) is 0.465. The minimum Gasteiger partial charge on any atom is -0.467 e. The van der Waals surface area contributed by atoms with E-state index >= 15 is 0 Å². The quantitative estimate of drug-likeness (QED) is 0.917. The number of benzene rings is 1. The average molecular weight is 270 g/mol. The van der Waals surface area contributed by atoms with Gasteiger partial charge in [0.15, 0.2) is 0 Å². The molecule has 78 valence electrons. The molecule has 0 aliphatic heterocycles. The monoisotopic (exact) mass is 269 g/mol. The van der Waals surface area contributed by atoms with Crippen LogP contribution in [0.3, 0.4) is 0 Å². The predicted molar refractivity (Wildman–Crippen MR) is 60.1 cm³/mol. The molecule has 0 spiro atoms. The van der Waals surface area contributed by atoms with Gasteiger partial charge in [0.1, 0.15) is 11.6 Å². The van der Waals surface area contributed by atoms with Crippen molar-refractivity contribution in [3.05, 3.63) is 52.6 Å². The minimum atomic E-state index is -0.282. The number of para-hydroxylation sites is 1. The Morgan fingerprint density at radius 2 is 2.13 bits per heavy atom. The Kier molecular flexibility index (Phi) is 3.06. The van der Waals surface area contributed by atoms with Crippen LogP contribution in [0.2, 0.25) is 0 Å². The second-order valence-electron chi connectivity index (χ2n) is 3.03. The fraction of sp³-hybridized carbons (Fsp3) is 0.0909. The second kappa shape index (κ2) is 4.49. The Morgan fingerprint density at radius 1 is 1.27 bits per heavy atom. The highest BCUT2D eigenvalue weighted by atomic mass is 79.9. The van der Waals surface area contributed by atoms with Crippen LogP contribution in [0.4, 0.5) is 10.1 Å². The maximum Gasteiger partial charge on any atom is 0.147 e. The molecule has 0 fully saturated rings. The largest absolute Gasteiger partial charge is 0.467 e. The third-order valence-electron chi connectivity index (χ3n) is 1.98. The van der Waals surface area contributed by atoms with Crippen molar-refractivity contribution in [3.63, 3.8) is 0 Å². The molecule has 2 rings (SSSR count). The van der Waals surface area contributed by atoms with Crippen LogP contribution in [0.1, 0.15) is 5.76 Å². The van der Waals surface area contributed by atoms with Crippen LogP contribution in [0, 0.1) is 5.82 Å². The van der Waals surface area contributed by atoms with E-state index in [9.17, 15) is 4.39 Å². The van der Waals surface area contributed by atoms with E-state index in [1.54, 1.807) is 24.5 Å². The van der Waals surface area contributed by atoms with Gasteiger partial charge >= 0.3 is 0 Å². The van der Waals surface area contributed by atoms with Crippen molar-refractivity contribution in [1.82, 2.24) is 0 Å². The maximum atomic E-state index is 13.4. The van der Waals surface area contributed by atoms with Gasteiger partial charge in [0, 0.05) is 4.47 Å². The lowest BCUT2D eigenvalue weighted by atomic mass is 10.3. The summed E-state index contributed by atoms with van der Waals surface area (Å²) in [5, 5.41) is 2.97. The van der Waals surface area contributed by atoms with Crippen molar-refractivity contribution >= 4 is 21.6 Å². The smallest absolute Gasteiger partial charge is 0.147 e. The number of anilines is 1. The number of hydrogen-bond acceptors (Lipinski definition) is 2. The van der Waals surface area contributed by atoms with Gasteiger partial charge in [-0.15, -0.1) is 0 Å². The zero-order valence-electron chi connectivity index (χ0n) is 7.84. The molecule has 0 bridgehead atoms. The molecule has 1 heterocycles. The van der Waals surface area contributed by atoms with Gasteiger partial charge < -0.3 is 9.73 Å². The lowest BCUT2D eigenvalue weighted by molar-refractivity contribution is 0.517. The lowest BCUT2D eigenvalue weighted by Crippen LogP contribution is -2.01. The van der Waals surface area contributed by atoms with E-state index in [1.807, 2.05) is 6.07 Å². The van der Waals surface area contributed by atoms with Crippen LogP contribution >= 0.6 is 15.9 Å². The first-order valence-electron chi connectivity index (χ1n) is 4.47. The van der Waals surface area contributed by atoms with E-state index in [0.29, 0.717) is 16.7 Å². The molecule has 15 heavy (non-hydrogen) atoms. The molecule has 0 aliphatic carbocycles. The SMILES string of the molecule is Fc1cccc(Br)c1NCc1ccco1. The van der Waals surface area contributed by atoms with Gasteiger partial charge in [-0.1, -0.05) is 6.07 Å². The molecule has 1 N–H and O–H groups in total. The van der Waals surface area contributed by atoms with E-state index in [0.717, 1.165) is 5.76 Å². The summed E-state index contributed by atoms with van der Waals surface area (Å²) in [6, 6.07) is 8.48. The number of furan rings is 1. The molecule has 0 radical (unpaired) electrons. The molecule has 1 aromatic heterocycles. The molecule has 4 heteroatoms. The normalized spacial score (nSPS) is 10.3. The Bertz CT molecular complexity index is 422. The Morgan fingerprint density at radius 3 is 2.80 bits per heavy atom. The number of halogens is 2. The first-order valence-corrected chi connectivity index (χ1v) is 5.27. The summed E-state index contributed by atoms with van der Waals surface area (Å²) < 4.78 is 19.2. The van der Waals surface area contributed by atoms with Crippen LogP contribution in [0.15, 0.2) is 45.5 Å². The van der Waals surface area contributed by atoms with Crippen LogP contribution in [-0.4, -0.2) is 0 Å². The highest BCUT2D eigenvalue weighted by molar-refractivity contribution is 9.10. The van der Waals surface area contributed by atoms with Gasteiger partial charge in [-0.2, -0.15) is 0 Å². The molecular formula is C11H9BrFNO. The van der Waals surface area contributed by atoms with Crippen molar-refractivity contribution in [2.75, 3.05) is 5.32 Å². The third-order valence-corrected chi connectivity index (χ3v) is 2.64. The van der Waals surface area contributed by atoms with E-state index in [2.05, 4.69) is 21.2 Å². The summed E-state index contributed by atoms with van der Waals surface area (Å²) in [5.74, 6) is 0.487. The first-order chi connectivity index (χ1) is 7.27. The zero-order chi connectivity index (χ0) is 10.7. The summed E-state index contributed by atoms with van der Waals surface area (Å²) in [6.07, 6.45) is 1.59. The van der Waals surface area contributed by atoms with Gasteiger partial charge in [0.2, 0.25) is 0 Å². The highest BCUT2D eigenvalue weighted by Crippen LogP contribution is 2.25. The van der Waals surface area contributed by atoms with Gasteiger partial charge in [-0.3, -0.25) is 0 Å². The van der Waals surface area contributed by atoms with Gasteiger partial charge in [0.25, 0.3) is 0 Å². The van der Waals surface area contributed by atoms with E-state index in [-0.39, 0.29) is 5.82 Å². The molecule has 2 aromatic rings. The van der Waals surface area contributed by atoms with E-state index in [1.165, 1.54) is 6.07 Å². The fourth-order valence-corrected chi connectivity index (χ4v) is 1.74. The molecule has 0 saturated heterocycles. The minimum absolute atomic E-state index is 0.282. The summed E-state index contributed by atoms with van der Waals surface area (Å²) in [4.78, 5) is 0. The molecule has 0 unspecified atom stereocenters. The van der Waals surface area contributed by atoms with Gasteiger partial charge in [0.05, 0.1) is 18.5 Å². The number of hydrogen-bond donors (Lipinski definition) is 1. The van der Waals surface area contributed by atoms with Crippen molar-refractivity contribution in [2.24, 2.45) is 0 Å². The molecule has 0 atom stereocenters. The first kappa shape index (κ1) is 10.2. The summed E-state index contributed by atoms with van der Waals surface area (Å²) in [5.41, 5.74) is 0.453. The Hall–Kier alpha value is -1.29. The predicted octanol–water partition coefficient (Wildman–Crippen LogP) is 3.79. The standard InChI is InChI=1S/C11H9BrFNO/c12-9-4-1-5-10(13)11(9)14-7-8-3-2-6-15-8/h1-6,14H,7H2. The molecule has 0 saturated carbocycles. The van der Waals surface area contributed by atoms with E-state index in [4.69, 9.17) is 4.42 Å². The van der Waals surface area contributed by atoms with Gasteiger partial charge in [-0.25, -0.2) is 4.39 Å². The van der Waals surface area contributed by atoms with Crippen LogP contribution in [0.5, 0.6) is 0 Å². The maximum absolute atomic E-state index is 13.4. The van der Waals surface area contributed by atoms with Crippen molar-refractivity contribution in [1.29, 1.82) is 0 Å². The molecule has 1 aromatic carbocycles. The van der Waals surface area contributed by atoms with E-state index < -0.39 is 0 Å². The Balaban J connectivity index is 2.11. The highest BCUT2D eigenvalue weighted by Gasteiger charge is 2.05. The molecule has 0 aliphatic rings. The van der Waals surface area contributed by atoms with Crippen molar-refractivity contribution in [3.8, 4) is 0 Å². The molecular weight excluding hydrogens is 261 g/mol. The fourth-order valence-electron chi connectivity index (χ4n) is 1.26. The summed E-state index contributed by atoms with van der Waals surface area (Å²) in [7, 11) is 0. The topological polar surface area (TPSA) is 25.2 Å². The number of rotatable bonds is 3. The van der Waals surface area contributed by atoms with Crippen molar-refractivity contribution in [2.45, 2.75) is 6.54 Å². The van der Waals surface area contributed by atoms with Gasteiger partial charge in [-0.05, 0) is 40.2 Å². The molecule has 2 nitrogen and oxygen atoms in total. The van der Waals surface area contributed by atoms with Crippen LogP contribution < -0.4 is 5.32 Å². The average Bonchev–Trinajstić information content (AvgIpc) is 2.70. The van der Waals surface area contributed by atoms with Crippen LogP contribution in [-0.2, 0) is 6.54 Å². The summed E-state index contributed by atoms with van der Waals surface area (Å²) >= 11 is 3.28. The van der Waals surface area contributed by atoms with Crippen molar-refractivity contribution < 1.29 is 8.81 Å². The Labute approximate surface area is 95.2 Å². The zero-order valence-corrected chi connectivity index (χ0v) is 9.42. The lowest BCUT2D eigenvalue weighted by Gasteiger charge is -2.07.